The van der Waals surface area contributed by atoms with Crippen molar-refractivity contribution < 1.29 is 22.4 Å². The zero-order chi connectivity index (χ0) is 20.1. The minimum Gasteiger partial charge on any atom is -0.344 e. The number of amides is 1. The van der Waals surface area contributed by atoms with Crippen LogP contribution in [0.4, 0.5) is 17.6 Å². The van der Waals surface area contributed by atoms with Crippen LogP contribution in [0.5, 0.6) is 0 Å². The highest BCUT2D eigenvalue weighted by Gasteiger charge is 2.37. The Labute approximate surface area is 157 Å². The fourth-order valence-electron chi connectivity index (χ4n) is 3.22. The summed E-state index contributed by atoms with van der Waals surface area (Å²) in [6.45, 7) is 0. The van der Waals surface area contributed by atoms with Gasteiger partial charge in [0.2, 0.25) is 0 Å². The van der Waals surface area contributed by atoms with E-state index in [9.17, 15) is 27.2 Å². The molecule has 0 spiro atoms. The van der Waals surface area contributed by atoms with Crippen LogP contribution in [-0.4, -0.2) is 15.9 Å². The maximum atomic E-state index is 14.0. The van der Waals surface area contributed by atoms with Gasteiger partial charge >= 0.3 is 6.18 Å². The molecule has 1 amide bonds. The fraction of sp³-hybridized carbons (Fsp3) is 0.421. The number of H-pyrrole nitrogens is 1. The summed E-state index contributed by atoms with van der Waals surface area (Å²) in [6, 6.07) is 3.11. The van der Waals surface area contributed by atoms with Crippen molar-refractivity contribution >= 4 is 5.91 Å². The van der Waals surface area contributed by atoms with Gasteiger partial charge < -0.3 is 10.3 Å². The standard InChI is InChI=1S/C19H17F4N3O2/c20-13-7-11(5-6-12(13)19(21,22)23)16(9-1-2-9)26-18(28)14-8-15(27)25-17(24-14)10-3-4-10/h5-10,16H,1-4H2,(H,26,28)(H,24,25,27). The van der Waals surface area contributed by atoms with E-state index in [1.807, 2.05) is 0 Å². The van der Waals surface area contributed by atoms with Gasteiger partial charge in [-0.05, 0) is 49.3 Å². The Hall–Kier alpha value is -2.71. The SMILES string of the molecule is O=C(NC(c1ccc(C(F)(F)F)c(F)c1)C1CC1)c1cc(=O)[nH]c(C2CC2)n1. The molecule has 2 N–H and O–H groups in total. The van der Waals surface area contributed by atoms with Gasteiger partial charge in [0.05, 0.1) is 11.6 Å². The number of halogens is 4. The van der Waals surface area contributed by atoms with Gasteiger partial charge in [0.15, 0.2) is 0 Å². The Morgan fingerprint density at radius 1 is 1.18 bits per heavy atom. The molecule has 0 bridgehead atoms. The van der Waals surface area contributed by atoms with Crippen molar-refractivity contribution in [1.29, 1.82) is 0 Å². The summed E-state index contributed by atoms with van der Waals surface area (Å²) in [4.78, 5) is 31.2. The molecule has 0 aliphatic heterocycles. The molecular weight excluding hydrogens is 378 g/mol. The van der Waals surface area contributed by atoms with Crippen molar-refractivity contribution in [2.45, 2.75) is 43.8 Å². The molecule has 9 heteroatoms. The van der Waals surface area contributed by atoms with Crippen LogP contribution in [0.1, 0.15) is 65.1 Å². The molecule has 2 fully saturated rings. The van der Waals surface area contributed by atoms with Gasteiger partial charge in [-0.25, -0.2) is 9.37 Å². The van der Waals surface area contributed by atoms with E-state index in [0.717, 1.165) is 37.8 Å². The van der Waals surface area contributed by atoms with Gasteiger partial charge in [0, 0.05) is 12.0 Å². The molecule has 28 heavy (non-hydrogen) atoms. The minimum atomic E-state index is -4.78. The second-order valence-corrected chi connectivity index (χ2v) is 7.32. The predicted octanol–water partition coefficient (Wildman–Crippen LogP) is 3.69. The lowest BCUT2D eigenvalue weighted by atomic mass is 10.00. The van der Waals surface area contributed by atoms with Crippen molar-refractivity contribution in [2.75, 3.05) is 0 Å². The third kappa shape index (κ3) is 3.93. The van der Waals surface area contributed by atoms with Gasteiger partial charge in [0.25, 0.3) is 11.5 Å². The molecule has 2 aliphatic rings. The Kier molecular flexibility index (Phi) is 4.47. The highest BCUT2D eigenvalue weighted by Crippen LogP contribution is 2.42. The zero-order valence-electron chi connectivity index (χ0n) is 14.6. The van der Waals surface area contributed by atoms with Crippen LogP contribution in [0.3, 0.4) is 0 Å². The number of hydrogen-bond acceptors (Lipinski definition) is 3. The summed E-state index contributed by atoms with van der Waals surface area (Å²) in [5, 5.41) is 2.71. The second-order valence-electron chi connectivity index (χ2n) is 7.32. The van der Waals surface area contributed by atoms with Crippen LogP contribution in [0.2, 0.25) is 0 Å². The average molecular weight is 395 g/mol. The third-order valence-electron chi connectivity index (χ3n) is 4.99. The molecule has 5 nitrogen and oxygen atoms in total. The van der Waals surface area contributed by atoms with E-state index in [0.29, 0.717) is 11.9 Å². The van der Waals surface area contributed by atoms with Crippen molar-refractivity contribution in [3.8, 4) is 0 Å². The summed E-state index contributed by atoms with van der Waals surface area (Å²) in [5.74, 6) is -1.38. The number of benzene rings is 1. The molecule has 1 unspecified atom stereocenters. The van der Waals surface area contributed by atoms with Crippen molar-refractivity contribution in [2.24, 2.45) is 5.92 Å². The van der Waals surface area contributed by atoms with Crippen LogP contribution in [0.25, 0.3) is 0 Å². The maximum Gasteiger partial charge on any atom is 0.419 e. The Balaban J connectivity index is 1.59. The van der Waals surface area contributed by atoms with E-state index in [4.69, 9.17) is 0 Å². The van der Waals surface area contributed by atoms with E-state index in [2.05, 4.69) is 15.3 Å². The highest BCUT2D eigenvalue weighted by atomic mass is 19.4. The molecule has 2 saturated carbocycles. The first-order valence-electron chi connectivity index (χ1n) is 9.01. The normalized spacial score (nSPS) is 18.0. The van der Waals surface area contributed by atoms with E-state index in [-0.39, 0.29) is 23.1 Å². The number of nitrogens with zero attached hydrogens (tertiary/aromatic N) is 1. The van der Waals surface area contributed by atoms with E-state index < -0.39 is 35.1 Å². The number of aromatic amines is 1. The molecular formula is C19H17F4N3O2. The number of aromatic nitrogens is 2. The van der Waals surface area contributed by atoms with Crippen molar-refractivity contribution in [3.05, 3.63) is 63.1 Å². The second kappa shape index (κ2) is 6.72. The molecule has 4 rings (SSSR count). The van der Waals surface area contributed by atoms with E-state index >= 15 is 0 Å². The monoisotopic (exact) mass is 395 g/mol. The maximum absolute atomic E-state index is 14.0. The Morgan fingerprint density at radius 3 is 2.46 bits per heavy atom. The fourth-order valence-corrected chi connectivity index (χ4v) is 3.22. The summed E-state index contributed by atoms with van der Waals surface area (Å²) in [6.07, 6.45) is -1.46. The van der Waals surface area contributed by atoms with Gasteiger partial charge in [-0.15, -0.1) is 0 Å². The van der Waals surface area contributed by atoms with Crippen LogP contribution < -0.4 is 10.9 Å². The summed E-state index contributed by atoms with van der Waals surface area (Å²) >= 11 is 0. The molecule has 1 aromatic carbocycles. The van der Waals surface area contributed by atoms with Crippen LogP contribution in [-0.2, 0) is 6.18 Å². The quantitative estimate of drug-likeness (QED) is 0.759. The molecule has 2 aromatic rings. The zero-order valence-corrected chi connectivity index (χ0v) is 14.6. The first-order valence-corrected chi connectivity index (χ1v) is 9.01. The lowest BCUT2D eigenvalue weighted by molar-refractivity contribution is -0.140. The smallest absolute Gasteiger partial charge is 0.344 e. The number of carbonyl (C=O) groups is 1. The molecule has 1 atom stereocenters. The van der Waals surface area contributed by atoms with Crippen LogP contribution in [0, 0.1) is 11.7 Å². The first-order chi connectivity index (χ1) is 13.2. The summed E-state index contributed by atoms with van der Waals surface area (Å²) in [5.41, 5.74) is -1.58. The third-order valence-corrected chi connectivity index (χ3v) is 4.99. The topological polar surface area (TPSA) is 74.8 Å². The van der Waals surface area contributed by atoms with Crippen molar-refractivity contribution in [1.82, 2.24) is 15.3 Å². The van der Waals surface area contributed by atoms with E-state index in [1.54, 1.807) is 0 Å². The van der Waals surface area contributed by atoms with Crippen LogP contribution >= 0.6 is 0 Å². The Morgan fingerprint density at radius 2 is 1.89 bits per heavy atom. The summed E-state index contributed by atoms with van der Waals surface area (Å²) in [7, 11) is 0. The van der Waals surface area contributed by atoms with Gasteiger partial charge in [-0.2, -0.15) is 13.2 Å². The lowest BCUT2D eigenvalue weighted by Gasteiger charge is -2.20. The molecule has 1 heterocycles. The predicted molar refractivity (Wildman–Crippen MR) is 91.2 cm³/mol. The lowest BCUT2D eigenvalue weighted by Crippen LogP contribution is -2.32. The highest BCUT2D eigenvalue weighted by molar-refractivity contribution is 5.92. The van der Waals surface area contributed by atoms with E-state index in [1.165, 1.54) is 6.07 Å². The first kappa shape index (κ1) is 18.6. The number of nitrogens with one attached hydrogen (secondary N) is 2. The molecule has 148 valence electrons. The number of carbonyl (C=O) groups excluding carboxylic acids is 1. The molecule has 0 saturated heterocycles. The Bertz CT molecular complexity index is 978. The van der Waals surface area contributed by atoms with Gasteiger partial charge in [0.1, 0.15) is 17.3 Å². The molecule has 2 aliphatic carbocycles. The van der Waals surface area contributed by atoms with Crippen molar-refractivity contribution in [3.63, 3.8) is 0 Å². The van der Waals surface area contributed by atoms with Gasteiger partial charge in [-0.3, -0.25) is 9.59 Å². The molecule has 0 radical (unpaired) electrons. The average Bonchev–Trinajstić information content (AvgIpc) is 3.50. The summed E-state index contributed by atoms with van der Waals surface area (Å²) < 4.78 is 52.3. The molecule has 1 aromatic heterocycles. The van der Waals surface area contributed by atoms with Gasteiger partial charge in [-0.1, -0.05) is 6.07 Å². The minimum absolute atomic E-state index is 0.00462. The number of hydrogen-bond donors (Lipinski definition) is 2. The largest absolute Gasteiger partial charge is 0.419 e. The number of alkyl halides is 3. The van der Waals surface area contributed by atoms with Crippen LogP contribution in [0.15, 0.2) is 29.1 Å². The number of rotatable bonds is 5.